The van der Waals surface area contributed by atoms with Crippen LogP contribution in [0, 0.1) is 31.6 Å². The molecular formula is C30H43NO5. The molecule has 1 aliphatic carbocycles. The third-order valence-corrected chi connectivity index (χ3v) is 7.91. The summed E-state index contributed by atoms with van der Waals surface area (Å²) in [6, 6.07) is 3.92. The average molecular weight is 498 g/mol. The minimum atomic E-state index is -0.772. The van der Waals surface area contributed by atoms with Gasteiger partial charge in [0, 0.05) is 12.5 Å². The van der Waals surface area contributed by atoms with E-state index in [4.69, 9.17) is 0 Å². The second-order valence-electron chi connectivity index (χ2n) is 10.5. The Bertz CT molecular complexity index is 1020. The molecule has 36 heavy (non-hydrogen) atoms. The quantitative estimate of drug-likeness (QED) is 0.293. The van der Waals surface area contributed by atoms with Gasteiger partial charge >= 0.3 is 0 Å². The van der Waals surface area contributed by atoms with E-state index < -0.39 is 23.9 Å². The highest BCUT2D eigenvalue weighted by molar-refractivity contribution is 6.05. The van der Waals surface area contributed by atoms with Gasteiger partial charge in [0.2, 0.25) is 11.8 Å². The van der Waals surface area contributed by atoms with E-state index in [1.165, 1.54) is 10.5 Å². The van der Waals surface area contributed by atoms with Crippen LogP contribution in [0.25, 0.3) is 6.08 Å². The number of phenols is 1. The van der Waals surface area contributed by atoms with Gasteiger partial charge in [0.05, 0.1) is 24.5 Å². The number of amides is 2. The summed E-state index contributed by atoms with van der Waals surface area (Å²) in [6.45, 7) is 10.0. The number of fused-ring (bicyclic) bond motifs is 1. The molecule has 198 valence electrons. The lowest BCUT2D eigenvalue weighted by Gasteiger charge is -2.36. The number of allylic oxidation sites excluding steroid dienone is 2. The van der Waals surface area contributed by atoms with E-state index in [9.17, 15) is 24.9 Å². The Balaban J connectivity index is 1.86. The number of rotatable bonds is 11. The van der Waals surface area contributed by atoms with Crippen molar-refractivity contribution in [2.45, 2.75) is 85.7 Å². The van der Waals surface area contributed by atoms with Gasteiger partial charge in [-0.3, -0.25) is 14.5 Å². The first-order chi connectivity index (χ1) is 17.2. The summed E-state index contributed by atoms with van der Waals surface area (Å²) in [5.74, 6) is -1.52. The molecule has 1 aromatic carbocycles. The van der Waals surface area contributed by atoms with Crippen molar-refractivity contribution in [3.63, 3.8) is 0 Å². The molecule has 6 heteroatoms. The molecule has 0 aromatic heterocycles. The summed E-state index contributed by atoms with van der Waals surface area (Å²) in [5, 5.41) is 31.9. The molecule has 0 radical (unpaired) electrons. The van der Waals surface area contributed by atoms with Crippen LogP contribution >= 0.6 is 0 Å². The van der Waals surface area contributed by atoms with Gasteiger partial charge in [0.15, 0.2) is 0 Å². The van der Waals surface area contributed by atoms with E-state index in [2.05, 4.69) is 19.9 Å². The molecule has 3 rings (SSSR count). The number of carbonyl (C=O) groups excluding carboxylic acids is 2. The third-order valence-electron chi connectivity index (χ3n) is 7.91. The zero-order valence-electron chi connectivity index (χ0n) is 22.5. The van der Waals surface area contributed by atoms with Crippen LogP contribution in [0.1, 0.15) is 82.4 Å². The zero-order valence-corrected chi connectivity index (χ0v) is 22.5. The fourth-order valence-corrected chi connectivity index (χ4v) is 6.14. The van der Waals surface area contributed by atoms with Crippen molar-refractivity contribution in [2.75, 3.05) is 13.2 Å². The van der Waals surface area contributed by atoms with Gasteiger partial charge in [-0.1, -0.05) is 44.4 Å². The lowest BCUT2D eigenvalue weighted by molar-refractivity contribution is -0.140. The summed E-state index contributed by atoms with van der Waals surface area (Å²) in [6.07, 6.45) is 6.19. The standard InChI is InChI=1S/C30H43NO5/c1-6-9-22-16-23-27(30(36)31(12-7-2)29(23)35)24(17-32)26(22)25(33)11-10-20(8-3)15-21-13-18(4)28(34)19(5)14-21/h13-15,23-25,27,32-34H,6-12,16-17H2,1-5H3/b20-15+/t23-,24+,25-,27-/m1/s1. The first kappa shape index (κ1) is 28.1. The number of hydrogen-bond acceptors (Lipinski definition) is 5. The van der Waals surface area contributed by atoms with Gasteiger partial charge in [-0.15, -0.1) is 0 Å². The fraction of sp³-hybridized carbons (Fsp3) is 0.600. The predicted molar refractivity (Wildman–Crippen MR) is 142 cm³/mol. The van der Waals surface area contributed by atoms with E-state index in [-0.39, 0.29) is 18.4 Å². The zero-order chi connectivity index (χ0) is 26.6. The molecule has 1 aromatic rings. The largest absolute Gasteiger partial charge is 0.507 e. The van der Waals surface area contributed by atoms with Crippen LogP contribution in [0.4, 0.5) is 0 Å². The van der Waals surface area contributed by atoms with Crippen molar-refractivity contribution in [2.24, 2.45) is 17.8 Å². The van der Waals surface area contributed by atoms with Gasteiger partial charge in [0.1, 0.15) is 5.75 Å². The maximum atomic E-state index is 13.2. The average Bonchev–Trinajstić information content (AvgIpc) is 3.08. The Kier molecular flexibility index (Phi) is 9.53. The number of aromatic hydroxyl groups is 1. The Morgan fingerprint density at radius 1 is 1.11 bits per heavy atom. The van der Waals surface area contributed by atoms with Crippen molar-refractivity contribution >= 4 is 17.9 Å². The number of likely N-dealkylation sites (tertiary alicyclic amines) is 1. The number of imide groups is 1. The van der Waals surface area contributed by atoms with Crippen LogP contribution in [-0.4, -0.2) is 51.3 Å². The second-order valence-corrected chi connectivity index (χ2v) is 10.5. The van der Waals surface area contributed by atoms with Crippen LogP contribution in [0.15, 0.2) is 28.9 Å². The SMILES string of the molecule is CCCC1=C([C@H](O)CC/C(=C/c2cc(C)c(O)c(C)c2)CC)[C@H](CO)[C@@H]2C(=O)N(CCC)C(=O)[C@@H]2C1. The Hall–Kier alpha value is -2.44. The van der Waals surface area contributed by atoms with Crippen LogP contribution < -0.4 is 0 Å². The fourth-order valence-electron chi connectivity index (χ4n) is 6.14. The Morgan fingerprint density at radius 2 is 1.78 bits per heavy atom. The van der Waals surface area contributed by atoms with Gasteiger partial charge in [-0.25, -0.2) is 0 Å². The molecule has 0 saturated carbocycles. The number of hydrogen-bond donors (Lipinski definition) is 3. The first-order valence-electron chi connectivity index (χ1n) is 13.5. The van der Waals surface area contributed by atoms with E-state index in [0.29, 0.717) is 38.0 Å². The molecule has 4 atom stereocenters. The lowest BCUT2D eigenvalue weighted by Crippen LogP contribution is -2.39. The molecule has 1 saturated heterocycles. The number of aryl methyl sites for hydroxylation is 2. The van der Waals surface area contributed by atoms with E-state index >= 15 is 0 Å². The van der Waals surface area contributed by atoms with Crippen molar-refractivity contribution in [3.8, 4) is 5.75 Å². The Labute approximate surface area is 215 Å². The predicted octanol–water partition coefficient (Wildman–Crippen LogP) is 5.06. The molecule has 1 aliphatic heterocycles. The minimum Gasteiger partial charge on any atom is -0.507 e. The summed E-state index contributed by atoms with van der Waals surface area (Å²) in [5.41, 5.74) is 5.71. The van der Waals surface area contributed by atoms with Gasteiger partial charge in [-0.2, -0.15) is 0 Å². The number of carbonyl (C=O) groups is 2. The highest BCUT2D eigenvalue weighted by atomic mass is 16.3. The molecule has 2 amide bonds. The van der Waals surface area contributed by atoms with Gasteiger partial charge in [-0.05, 0) is 86.8 Å². The molecule has 1 fully saturated rings. The molecule has 6 nitrogen and oxygen atoms in total. The summed E-state index contributed by atoms with van der Waals surface area (Å²) in [4.78, 5) is 27.6. The number of nitrogens with zero attached hydrogens (tertiary/aromatic N) is 1. The van der Waals surface area contributed by atoms with Crippen LogP contribution in [0.5, 0.6) is 5.75 Å². The first-order valence-corrected chi connectivity index (χ1v) is 13.5. The second kappa shape index (κ2) is 12.2. The Morgan fingerprint density at radius 3 is 2.33 bits per heavy atom. The van der Waals surface area contributed by atoms with Crippen molar-refractivity contribution in [1.29, 1.82) is 0 Å². The highest BCUT2D eigenvalue weighted by Crippen LogP contribution is 2.47. The number of aliphatic hydroxyl groups excluding tert-OH is 2. The smallest absolute Gasteiger partial charge is 0.233 e. The summed E-state index contributed by atoms with van der Waals surface area (Å²) in [7, 11) is 0. The summed E-state index contributed by atoms with van der Waals surface area (Å²) < 4.78 is 0. The lowest BCUT2D eigenvalue weighted by atomic mass is 9.67. The topological polar surface area (TPSA) is 98.1 Å². The molecule has 1 heterocycles. The van der Waals surface area contributed by atoms with Crippen LogP contribution in [0.2, 0.25) is 0 Å². The van der Waals surface area contributed by atoms with Crippen molar-refractivity contribution in [3.05, 3.63) is 45.5 Å². The highest BCUT2D eigenvalue weighted by Gasteiger charge is 2.54. The normalized spacial score (nSPS) is 23.5. The van der Waals surface area contributed by atoms with Crippen LogP contribution in [-0.2, 0) is 9.59 Å². The number of aliphatic hydroxyl groups is 2. The number of phenolic OH excluding ortho intramolecular Hbond substituents is 1. The maximum absolute atomic E-state index is 13.2. The van der Waals surface area contributed by atoms with Crippen molar-refractivity contribution in [1.82, 2.24) is 4.90 Å². The third kappa shape index (κ3) is 5.60. The van der Waals surface area contributed by atoms with Gasteiger partial charge < -0.3 is 15.3 Å². The number of benzene rings is 1. The summed E-state index contributed by atoms with van der Waals surface area (Å²) >= 11 is 0. The molecule has 0 bridgehead atoms. The van der Waals surface area contributed by atoms with E-state index in [0.717, 1.165) is 47.1 Å². The molecule has 2 aliphatic rings. The maximum Gasteiger partial charge on any atom is 0.233 e. The van der Waals surface area contributed by atoms with Gasteiger partial charge in [0.25, 0.3) is 0 Å². The molecule has 3 N–H and O–H groups in total. The molecule has 0 spiro atoms. The monoisotopic (exact) mass is 497 g/mol. The van der Waals surface area contributed by atoms with Crippen molar-refractivity contribution < 1.29 is 24.9 Å². The minimum absolute atomic E-state index is 0.122. The molecule has 0 unspecified atom stereocenters. The van der Waals surface area contributed by atoms with Crippen LogP contribution in [0.3, 0.4) is 0 Å². The van der Waals surface area contributed by atoms with E-state index in [1.54, 1.807) is 0 Å². The van der Waals surface area contributed by atoms with E-state index in [1.807, 2.05) is 32.9 Å². The molecular weight excluding hydrogens is 454 g/mol.